The molecule has 0 N–H and O–H groups in total. The molecule has 9 rings (SSSR count). The maximum absolute atomic E-state index is 4.94. The molecular weight excluding hydrogens is 619 g/mol. The summed E-state index contributed by atoms with van der Waals surface area (Å²) >= 11 is 0. The van der Waals surface area contributed by atoms with Gasteiger partial charge in [-0.2, -0.15) is 0 Å². The summed E-state index contributed by atoms with van der Waals surface area (Å²) in [5.41, 5.74) is 15.4. The Bertz CT molecular complexity index is 2460. The third-order valence-electron chi connectivity index (χ3n) is 10.2. The van der Waals surface area contributed by atoms with Gasteiger partial charge in [0.05, 0.1) is 0 Å². The highest BCUT2D eigenvalue weighted by molar-refractivity contribution is 5.86. The van der Waals surface area contributed by atoms with Crippen LogP contribution in [0.1, 0.15) is 25.0 Å². The van der Waals surface area contributed by atoms with E-state index in [-0.39, 0.29) is 5.41 Å². The van der Waals surface area contributed by atoms with Gasteiger partial charge in [0.15, 0.2) is 17.5 Å². The average Bonchev–Trinajstić information content (AvgIpc) is 3.43. The fourth-order valence-electron chi connectivity index (χ4n) is 7.36. The van der Waals surface area contributed by atoms with Crippen LogP contribution in [0.15, 0.2) is 176 Å². The molecule has 0 saturated carbocycles. The van der Waals surface area contributed by atoms with Gasteiger partial charge in [0.25, 0.3) is 0 Å². The summed E-state index contributed by atoms with van der Waals surface area (Å²) in [5.74, 6) is 1.97. The van der Waals surface area contributed by atoms with E-state index in [1.54, 1.807) is 0 Å². The monoisotopic (exact) mass is 653 g/mol. The SMILES string of the molecule is CC1(C)c2cc(-c3ccccc3)ccc2-c2ccc(-c3ccc(-c4cccc(-c5nc(-c6ccccc6)nc(-c6ccccc6)n5)c4)cc3)cc21. The minimum absolute atomic E-state index is 0.0956. The molecule has 1 heterocycles. The molecule has 1 aromatic heterocycles. The largest absolute Gasteiger partial charge is 0.208 e. The van der Waals surface area contributed by atoms with Crippen molar-refractivity contribution in [3.05, 3.63) is 187 Å². The predicted octanol–water partition coefficient (Wildman–Crippen LogP) is 12.2. The maximum Gasteiger partial charge on any atom is 0.164 e. The van der Waals surface area contributed by atoms with Crippen LogP contribution in [0, 0.1) is 0 Å². The van der Waals surface area contributed by atoms with Gasteiger partial charge in [-0.3, -0.25) is 0 Å². The average molecular weight is 654 g/mol. The van der Waals surface area contributed by atoms with Gasteiger partial charge in [0, 0.05) is 22.1 Å². The molecule has 0 saturated heterocycles. The van der Waals surface area contributed by atoms with Crippen LogP contribution in [0.25, 0.3) is 78.7 Å². The van der Waals surface area contributed by atoms with E-state index in [0.29, 0.717) is 17.5 Å². The van der Waals surface area contributed by atoms with E-state index in [0.717, 1.165) is 27.8 Å². The van der Waals surface area contributed by atoms with Gasteiger partial charge in [-0.25, -0.2) is 15.0 Å². The molecule has 8 aromatic rings. The lowest BCUT2D eigenvalue weighted by Crippen LogP contribution is -2.15. The predicted molar refractivity (Wildman–Crippen MR) is 210 cm³/mol. The Kier molecular flexibility index (Phi) is 7.48. The topological polar surface area (TPSA) is 38.7 Å². The number of aromatic nitrogens is 3. The normalized spacial score (nSPS) is 12.7. The minimum atomic E-state index is -0.0956. The lowest BCUT2D eigenvalue weighted by atomic mass is 9.81. The zero-order valence-electron chi connectivity index (χ0n) is 28.6. The summed E-state index contributed by atoms with van der Waals surface area (Å²) in [5, 5.41) is 0. The number of benzene rings is 7. The van der Waals surface area contributed by atoms with E-state index in [9.17, 15) is 0 Å². The van der Waals surface area contributed by atoms with Crippen molar-refractivity contribution in [3.8, 4) is 78.7 Å². The van der Waals surface area contributed by atoms with Crippen molar-refractivity contribution in [2.75, 3.05) is 0 Å². The van der Waals surface area contributed by atoms with E-state index in [1.165, 1.54) is 44.5 Å². The van der Waals surface area contributed by atoms with Gasteiger partial charge in [-0.15, -0.1) is 0 Å². The Labute approximate surface area is 299 Å². The third-order valence-corrected chi connectivity index (χ3v) is 10.2. The number of fused-ring (bicyclic) bond motifs is 3. The van der Waals surface area contributed by atoms with Crippen LogP contribution in [-0.2, 0) is 5.41 Å². The molecule has 0 bridgehead atoms. The van der Waals surface area contributed by atoms with Crippen LogP contribution >= 0.6 is 0 Å². The van der Waals surface area contributed by atoms with E-state index >= 15 is 0 Å². The second kappa shape index (κ2) is 12.5. The molecule has 0 radical (unpaired) electrons. The quantitative estimate of drug-likeness (QED) is 0.179. The fourth-order valence-corrected chi connectivity index (χ4v) is 7.36. The first kappa shape index (κ1) is 30.6. The van der Waals surface area contributed by atoms with Gasteiger partial charge in [-0.1, -0.05) is 172 Å². The van der Waals surface area contributed by atoms with Crippen molar-refractivity contribution in [1.29, 1.82) is 0 Å². The summed E-state index contributed by atoms with van der Waals surface area (Å²) < 4.78 is 0. The molecular formula is C48H35N3. The van der Waals surface area contributed by atoms with Crippen molar-refractivity contribution >= 4 is 0 Å². The summed E-state index contributed by atoms with van der Waals surface area (Å²) in [6.07, 6.45) is 0. The molecule has 242 valence electrons. The number of hydrogen-bond donors (Lipinski definition) is 0. The van der Waals surface area contributed by atoms with E-state index in [2.05, 4.69) is 129 Å². The Balaban J connectivity index is 1.03. The van der Waals surface area contributed by atoms with Gasteiger partial charge < -0.3 is 0 Å². The van der Waals surface area contributed by atoms with Crippen molar-refractivity contribution in [2.45, 2.75) is 19.3 Å². The lowest BCUT2D eigenvalue weighted by molar-refractivity contribution is 0.661. The summed E-state index contributed by atoms with van der Waals surface area (Å²) in [6.45, 7) is 4.70. The Hall–Kier alpha value is -6.45. The third kappa shape index (κ3) is 5.63. The minimum Gasteiger partial charge on any atom is -0.208 e. The van der Waals surface area contributed by atoms with Crippen LogP contribution in [0.3, 0.4) is 0 Å². The Morgan fingerprint density at radius 2 is 0.627 bits per heavy atom. The molecule has 1 aliphatic rings. The van der Waals surface area contributed by atoms with Crippen molar-refractivity contribution in [3.63, 3.8) is 0 Å². The first-order valence-corrected chi connectivity index (χ1v) is 17.4. The van der Waals surface area contributed by atoms with Crippen LogP contribution in [-0.4, -0.2) is 15.0 Å². The van der Waals surface area contributed by atoms with Crippen LogP contribution in [0.2, 0.25) is 0 Å². The van der Waals surface area contributed by atoms with Gasteiger partial charge >= 0.3 is 0 Å². The fraction of sp³-hybridized carbons (Fsp3) is 0.0625. The molecule has 1 aliphatic carbocycles. The number of rotatable bonds is 6. The zero-order chi connectivity index (χ0) is 34.4. The highest BCUT2D eigenvalue weighted by atomic mass is 15.0. The molecule has 0 amide bonds. The van der Waals surface area contributed by atoms with Gasteiger partial charge in [0.2, 0.25) is 0 Å². The second-order valence-electron chi connectivity index (χ2n) is 13.7. The molecule has 0 aliphatic heterocycles. The van der Waals surface area contributed by atoms with Crippen molar-refractivity contribution < 1.29 is 0 Å². The van der Waals surface area contributed by atoms with Gasteiger partial charge in [-0.05, 0) is 73.8 Å². The van der Waals surface area contributed by atoms with E-state index in [4.69, 9.17) is 15.0 Å². The highest BCUT2D eigenvalue weighted by Gasteiger charge is 2.35. The molecule has 0 fully saturated rings. The number of hydrogen-bond acceptors (Lipinski definition) is 3. The van der Waals surface area contributed by atoms with Crippen LogP contribution in [0.4, 0.5) is 0 Å². The van der Waals surface area contributed by atoms with Crippen LogP contribution < -0.4 is 0 Å². The summed E-state index contributed by atoms with van der Waals surface area (Å²) in [6, 6.07) is 62.1. The van der Waals surface area contributed by atoms with E-state index < -0.39 is 0 Å². The Morgan fingerprint density at radius 1 is 0.294 bits per heavy atom. The van der Waals surface area contributed by atoms with E-state index in [1.807, 2.05) is 60.7 Å². The van der Waals surface area contributed by atoms with Crippen LogP contribution in [0.5, 0.6) is 0 Å². The van der Waals surface area contributed by atoms with Gasteiger partial charge in [0.1, 0.15) is 0 Å². The number of nitrogens with zero attached hydrogens (tertiary/aromatic N) is 3. The van der Waals surface area contributed by atoms with Crippen molar-refractivity contribution in [1.82, 2.24) is 15.0 Å². The zero-order valence-corrected chi connectivity index (χ0v) is 28.6. The molecule has 0 atom stereocenters. The first-order valence-electron chi connectivity index (χ1n) is 17.4. The molecule has 3 nitrogen and oxygen atoms in total. The molecule has 3 heteroatoms. The first-order chi connectivity index (χ1) is 25.0. The standard InChI is InChI=1S/C48H35N3/c1-48(2)43-30-38(32-13-6-3-7-14-32)25-27-41(43)42-28-26-39(31-44(42)48)34-23-21-33(22-24-34)37-19-12-20-40(29-37)47-50-45(35-15-8-4-9-16-35)49-46(51-47)36-17-10-5-11-18-36/h3-31H,1-2H3. The molecule has 7 aromatic carbocycles. The molecule has 0 unspecified atom stereocenters. The summed E-state index contributed by atoms with van der Waals surface area (Å²) in [4.78, 5) is 14.7. The smallest absolute Gasteiger partial charge is 0.164 e. The maximum atomic E-state index is 4.94. The second-order valence-corrected chi connectivity index (χ2v) is 13.7. The lowest BCUT2D eigenvalue weighted by Gasteiger charge is -2.22. The highest BCUT2D eigenvalue weighted by Crippen LogP contribution is 2.50. The molecule has 0 spiro atoms. The summed E-state index contributed by atoms with van der Waals surface area (Å²) in [7, 11) is 0. The van der Waals surface area contributed by atoms with Crippen molar-refractivity contribution in [2.24, 2.45) is 0 Å². The molecule has 51 heavy (non-hydrogen) atoms. The Morgan fingerprint density at radius 3 is 1.10 bits per heavy atom.